The van der Waals surface area contributed by atoms with E-state index in [9.17, 15) is 4.79 Å². The van der Waals surface area contributed by atoms with Crippen LogP contribution in [0.5, 0.6) is 0 Å². The number of aromatic nitrogens is 5. The highest BCUT2D eigenvalue weighted by Crippen LogP contribution is 2.26. The van der Waals surface area contributed by atoms with Gasteiger partial charge in [-0.15, -0.1) is 10.2 Å². The van der Waals surface area contributed by atoms with E-state index in [1.165, 1.54) is 0 Å². The number of fused-ring (bicyclic) bond motifs is 1. The highest BCUT2D eigenvalue weighted by molar-refractivity contribution is 5.95. The molecule has 0 saturated carbocycles. The number of amides is 1. The van der Waals surface area contributed by atoms with Crippen LogP contribution in [0.1, 0.15) is 48.2 Å². The van der Waals surface area contributed by atoms with Crippen molar-refractivity contribution in [1.82, 2.24) is 29.6 Å². The van der Waals surface area contributed by atoms with Crippen LogP contribution >= 0.6 is 0 Å². The summed E-state index contributed by atoms with van der Waals surface area (Å²) in [5, 5.41) is 7.62. The summed E-state index contributed by atoms with van der Waals surface area (Å²) in [5.41, 5.74) is 3.33. The van der Waals surface area contributed by atoms with Gasteiger partial charge in [0.15, 0.2) is 0 Å². The van der Waals surface area contributed by atoms with Gasteiger partial charge in [-0.3, -0.25) is 9.36 Å². The monoisotopic (exact) mass is 348 g/mol. The summed E-state index contributed by atoms with van der Waals surface area (Å²) in [6.45, 7) is 7.31. The maximum Gasteiger partial charge on any atom is 0.254 e. The van der Waals surface area contributed by atoms with Gasteiger partial charge in [0.25, 0.3) is 5.91 Å². The maximum absolute atomic E-state index is 13.0. The van der Waals surface area contributed by atoms with E-state index in [-0.39, 0.29) is 11.3 Å². The molecule has 0 radical (unpaired) electrons. The molecule has 0 N–H and O–H groups in total. The van der Waals surface area contributed by atoms with Crippen LogP contribution in [0.25, 0.3) is 5.69 Å². The second kappa shape index (κ2) is 6.01. The quantitative estimate of drug-likeness (QED) is 0.711. The van der Waals surface area contributed by atoms with Crippen LogP contribution in [0.2, 0.25) is 0 Å². The van der Waals surface area contributed by atoms with E-state index >= 15 is 0 Å². The van der Waals surface area contributed by atoms with Crippen LogP contribution in [0.4, 0.5) is 0 Å². The molecule has 2 aromatic heterocycles. The van der Waals surface area contributed by atoms with E-state index in [0.29, 0.717) is 18.7 Å². The van der Waals surface area contributed by atoms with Gasteiger partial charge in [0.1, 0.15) is 18.5 Å². The minimum absolute atomic E-state index is 0.0183. The number of carbonyl (C=O) groups excluding carboxylic acids is 1. The van der Waals surface area contributed by atoms with Crippen molar-refractivity contribution in [3.63, 3.8) is 0 Å². The normalized spacial score (nSPS) is 13.7. The Labute approximate surface area is 151 Å². The van der Waals surface area contributed by atoms with E-state index in [1.54, 1.807) is 22.1 Å². The topological polar surface area (TPSA) is 76.8 Å². The molecular formula is C19H20N6O. The van der Waals surface area contributed by atoms with E-state index in [4.69, 9.17) is 0 Å². The van der Waals surface area contributed by atoms with Gasteiger partial charge in [-0.25, -0.2) is 9.97 Å². The fourth-order valence-electron chi connectivity index (χ4n) is 2.97. The summed E-state index contributed by atoms with van der Waals surface area (Å²) in [6, 6.07) is 7.45. The van der Waals surface area contributed by atoms with Crippen LogP contribution in [-0.2, 0) is 18.5 Å². The van der Waals surface area contributed by atoms with Gasteiger partial charge in [-0.1, -0.05) is 26.8 Å². The molecule has 3 aromatic rings. The molecule has 0 unspecified atom stereocenters. The average molecular weight is 348 g/mol. The zero-order valence-electron chi connectivity index (χ0n) is 15.0. The molecule has 7 heteroatoms. The van der Waals surface area contributed by atoms with E-state index < -0.39 is 0 Å². The van der Waals surface area contributed by atoms with Crippen molar-refractivity contribution in [2.45, 2.75) is 39.3 Å². The smallest absolute Gasteiger partial charge is 0.254 e. The molecule has 1 aliphatic rings. The van der Waals surface area contributed by atoms with Crippen LogP contribution in [-0.4, -0.2) is 35.5 Å². The molecular weight excluding hydrogens is 328 g/mol. The fourth-order valence-corrected chi connectivity index (χ4v) is 2.97. The Morgan fingerprint density at radius 1 is 1.12 bits per heavy atom. The van der Waals surface area contributed by atoms with Gasteiger partial charge < -0.3 is 4.90 Å². The van der Waals surface area contributed by atoms with Crippen LogP contribution in [0, 0.1) is 0 Å². The molecule has 0 saturated heterocycles. The predicted octanol–water partition coefficient (Wildman–Crippen LogP) is 2.51. The van der Waals surface area contributed by atoms with Crippen molar-refractivity contribution in [1.29, 1.82) is 0 Å². The van der Waals surface area contributed by atoms with Crippen LogP contribution in [0.15, 0.2) is 43.1 Å². The minimum Gasteiger partial charge on any atom is -0.328 e. The van der Waals surface area contributed by atoms with Crippen LogP contribution < -0.4 is 0 Å². The summed E-state index contributed by atoms with van der Waals surface area (Å²) in [6.07, 6.45) is 5.07. The van der Waals surface area contributed by atoms with Gasteiger partial charge in [-0.05, 0) is 18.2 Å². The zero-order valence-corrected chi connectivity index (χ0v) is 15.0. The van der Waals surface area contributed by atoms with E-state index in [0.717, 1.165) is 22.8 Å². The predicted molar refractivity (Wildman–Crippen MR) is 95.7 cm³/mol. The number of carbonyl (C=O) groups is 1. The lowest BCUT2D eigenvalue weighted by molar-refractivity contribution is 0.0750. The second-order valence-electron chi connectivity index (χ2n) is 7.50. The van der Waals surface area contributed by atoms with Gasteiger partial charge >= 0.3 is 0 Å². The number of hydrogen-bond donors (Lipinski definition) is 0. The Morgan fingerprint density at radius 3 is 2.62 bits per heavy atom. The van der Waals surface area contributed by atoms with Crippen molar-refractivity contribution in [3.05, 3.63) is 65.8 Å². The first-order valence-corrected chi connectivity index (χ1v) is 8.51. The number of benzene rings is 1. The van der Waals surface area contributed by atoms with Crippen molar-refractivity contribution in [2.24, 2.45) is 0 Å². The van der Waals surface area contributed by atoms with Gasteiger partial charge in [-0.2, -0.15) is 0 Å². The maximum atomic E-state index is 13.0. The first-order valence-electron chi connectivity index (χ1n) is 8.51. The molecule has 7 nitrogen and oxygen atoms in total. The Hall–Kier alpha value is -3.09. The third-order valence-corrected chi connectivity index (χ3v) is 4.42. The number of hydrogen-bond acceptors (Lipinski definition) is 5. The Balaban J connectivity index is 1.57. The number of rotatable bonds is 2. The Morgan fingerprint density at radius 2 is 1.88 bits per heavy atom. The standard InChI is InChI=1S/C19H20N6O/c1-19(2,3)18-20-8-14-9-24(10-16(14)23-18)17(26)13-5-4-6-15(7-13)25-11-21-22-12-25/h4-8,11-12H,9-10H2,1-3H3. The third kappa shape index (κ3) is 2.96. The lowest BCUT2D eigenvalue weighted by atomic mass is 9.95. The molecule has 132 valence electrons. The molecule has 1 aromatic carbocycles. The van der Waals surface area contributed by atoms with Gasteiger partial charge in [0.05, 0.1) is 12.2 Å². The summed E-state index contributed by atoms with van der Waals surface area (Å²) >= 11 is 0. The lowest BCUT2D eigenvalue weighted by Gasteiger charge is -2.16. The molecule has 0 atom stereocenters. The zero-order chi connectivity index (χ0) is 18.3. The second-order valence-corrected chi connectivity index (χ2v) is 7.50. The average Bonchev–Trinajstić information content (AvgIpc) is 3.29. The Bertz CT molecular complexity index is 958. The number of nitrogens with zero attached hydrogens (tertiary/aromatic N) is 6. The fraction of sp³-hybridized carbons (Fsp3) is 0.316. The lowest BCUT2D eigenvalue weighted by Crippen LogP contribution is -2.25. The summed E-state index contributed by atoms with van der Waals surface area (Å²) in [4.78, 5) is 23.9. The largest absolute Gasteiger partial charge is 0.328 e. The highest BCUT2D eigenvalue weighted by atomic mass is 16.2. The summed E-state index contributed by atoms with van der Waals surface area (Å²) in [7, 11) is 0. The molecule has 0 fully saturated rings. The molecule has 4 rings (SSSR count). The molecule has 3 heterocycles. The SMILES string of the molecule is CC(C)(C)c1ncc2c(n1)CN(C(=O)c1cccc(-n3cnnc3)c1)C2. The summed E-state index contributed by atoms with van der Waals surface area (Å²) < 4.78 is 1.77. The molecule has 1 amide bonds. The molecule has 0 spiro atoms. The molecule has 0 aliphatic carbocycles. The van der Waals surface area contributed by atoms with E-state index in [1.807, 2.05) is 30.5 Å². The van der Waals surface area contributed by atoms with E-state index in [2.05, 4.69) is 40.9 Å². The van der Waals surface area contributed by atoms with Crippen molar-refractivity contribution in [3.8, 4) is 5.69 Å². The highest BCUT2D eigenvalue weighted by Gasteiger charge is 2.28. The summed E-state index contributed by atoms with van der Waals surface area (Å²) in [5.74, 6) is 0.787. The van der Waals surface area contributed by atoms with Gasteiger partial charge in [0, 0.05) is 35.0 Å². The molecule has 0 bridgehead atoms. The molecule has 26 heavy (non-hydrogen) atoms. The van der Waals surface area contributed by atoms with Crippen LogP contribution in [0.3, 0.4) is 0 Å². The first-order chi connectivity index (χ1) is 12.4. The van der Waals surface area contributed by atoms with Crippen molar-refractivity contribution >= 4 is 5.91 Å². The van der Waals surface area contributed by atoms with Crippen molar-refractivity contribution < 1.29 is 4.79 Å². The molecule has 1 aliphatic heterocycles. The first kappa shape index (κ1) is 16.4. The van der Waals surface area contributed by atoms with Crippen molar-refractivity contribution in [2.75, 3.05) is 0 Å². The minimum atomic E-state index is -0.111. The van der Waals surface area contributed by atoms with Gasteiger partial charge in [0.2, 0.25) is 0 Å². The Kier molecular flexibility index (Phi) is 3.79. The third-order valence-electron chi connectivity index (χ3n) is 4.42.